The molecule has 2 N–H and O–H groups in total. The van der Waals surface area contributed by atoms with E-state index in [-0.39, 0.29) is 30.9 Å². The van der Waals surface area contributed by atoms with Gasteiger partial charge in [-0.15, -0.1) is 0 Å². The summed E-state index contributed by atoms with van der Waals surface area (Å²) in [6.07, 6.45) is -4.25. The highest BCUT2D eigenvalue weighted by molar-refractivity contribution is 5.94. The second kappa shape index (κ2) is 9.16. The van der Waals surface area contributed by atoms with Crippen molar-refractivity contribution in [1.29, 1.82) is 0 Å². The number of anilines is 1. The van der Waals surface area contributed by atoms with Gasteiger partial charge in [0.2, 0.25) is 5.91 Å². The van der Waals surface area contributed by atoms with Gasteiger partial charge in [-0.2, -0.15) is 13.2 Å². The van der Waals surface area contributed by atoms with E-state index in [4.69, 9.17) is 0 Å². The van der Waals surface area contributed by atoms with E-state index in [0.29, 0.717) is 11.3 Å². The Morgan fingerprint density at radius 3 is 2.36 bits per heavy atom. The Morgan fingerprint density at radius 1 is 1.04 bits per heavy atom. The van der Waals surface area contributed by atoms with Gasteiger partial charge < -0.3 is 10.6 Å². The zero-order valence-corrected chi connectivity index (χ0v) is 14.8. The summed E-state index contributed by atoms with van der Waals surface area (Å²) < 4.78 is 50.9. The summed E-state index contributed by atoms with van der Waals surface area (Å²) in [4.78, 5) is 23.9. The molecule has 2 aromatic carbocycles. The van der Waals surface area contributed by atoms with Gasteiger partial charge in [0.1, 0.15) is 5.82 Å². The summed E-state index contributed by atoms with van der Waals surface area (Å²) in [6.45, 7) is 3.87. The highest BCUT2D eigenvalue weighted by atomic mass is 19.4. The molecule has 2 aromatic rings. The van der Waals surface area contributed by atoms with Crippen molar-refractivity contribution in [2.45, 2.75) is 19.0 Å². The Morgan fingerprint density at radius 2 is 1.71 bits per heavy atom. The van der Waals surface area contributed by atoms with E-state index in [0.717, 1.165) is 18.2 Å². The Labute approximate surface area is 159 Å². The molecule has 0 fully saturated rings. The van der Waals surface area contributed by atoms with Crippen LogP contribution in [0.2, 0.25) is 0 Å². The van der Waals surface area contributed by atoms with E-state index in [1.165, 1.54) is 30.3 Å². The Kier molecular flexibility index (Phi) is 6.92. The number of hydrogen-bond acceptors (Lipinski definition) is 2. The van der Waals surface area contributed by atoms with Crippen molar-refractivity contribution in [2.24, 2.45) is 0 Å². The van der Waals surface area contributed by atoms with Gasteiger partial charge >= 0.3 is 6.18 Å². The molecule has 0 bridgehead atoms. The van der Waals surface area contributed by atoms with Crippen LogP contribution < -0.4 is 10.6 Å². The molecule has 0 atom stereocenters. The van der Waals surface area contributed by atoms with Crippen molar-refractivity contribution in [3.05, 3.63) is 77.6 Å². The summed E-state index contributed by atoms with van der Waals surface area (Å²) in [5.41, 5.74) is -0.0301. The van der Waals surface area contributed by atoms with Crippen LogP contribution in [0.5, 0.6) is 0 Å². The van der Waals surface area contributed by atoms with Crippen molar-refractivity contribution >= 4 is 17.5 Å². The number of alkyl halides is 3. The average Bonchev–Trinajstić information content (AvgIpc) is 2.63. The number of carbonyl (C=O) groups excluding carboxylic acids is 2. The molecule has 0 spiro atoms. The molecule has 0 aliphatic rings. The van der Waals surface area contributed by atoms with Gasteiger partial charge in [-0.05, 0) is 48.9 Å². The van der Waals surface area contributed by atoms with Crippen LogP contribution in [0.3, 0.4) is 0 Å². The van der Waals surface area contributed by atoms with Gasteiger partial charge in [-0.25, -0.2) is 4.39 Å². The first-order valence-electron chi connectivity index (χ1n) is 8.32. The highest BCUT2D eigenvalue weighted by Crippen LogP contribution is 2.29. The molecule has 8 heteroatoms. The molecule has 0 radical (unpaired) electrons. The van der Waals surface area contributed by atoms with Gasteiger partial charge in [-0.3, -0.25) is 9.59 Å². The number of halogens is 4. The molecule has 2 rings (SSSR count). The SMILES string of the molecule is C=C(CCNC(=O)c1cccc(C(F)(F)F)c1)CC(=O)Nc1ccc(F)cc1. The minimum absolute atomic E-state index is 0.00317. The summed E-state index contributed by atoms with van der Waals surface area (Å²) in [5, 5.41) is 5.08. The molecule has 148 valence electrons. The molecule has 0 heterocycles. The van der Waals surface area contributed by atoms with Crippen molar-refractivity contribution in [3.63, 3.8) is 0 Å². The van der Waals surface area contributed by atoms with E-state index in [9.17, 15) is 27.2 Å². The lowest BCUT2D eigenvalue weighted by molar-refractivity contribution is -0.137. The number of rotatable bonds is 7. The third-order valence-electron chi connectivity index (χ3n) is 3.75. The average molecular weight is 394 g/mol. The molecule has 2 amide bonds. The lowest BCUT2D eigenvalue weighted by atomic mass is 10.1. The number of nitrogens with one attached hydrogen (secondary N) is 2. The lowest BCUT2D eigenvalue weighted by Gasteiger charge is -2.10. The van der Waals surface area contributed by atoms with Crippen LogP contribution in [0.4, 0.5) is 23.2 Å². The third-order valence-corrected chi connectivity index (χ3v) is 3.75. The lowest BCUT2D eigenvalue weighted by Crippen LogP contribution is -2.25. The fourth-order valence-corrected chi connectivity index (χ4v) is 2.35. The highest BCUT2D eigenvalue weighted by Gasteiger charge is 2.30. The van der Waals surface area contributed by atoms with Crippen LogP contribution in [0.1, 0.15) is 28.8 Å². The summed E-state index contributed by atoms with van der Waals surface area (Å²) in [6, 6.07) is 9.39. The monoisotopic (exact) mass is 394 g/mol. The molecule has 0 aliphatic heterocycles. The van der Waals surface area contributed by atoms with E-state index in [2.05, 4.69) is 17.2 Å². The van der Waals surface area contributed by atoms with Crippen molar-refractivity contribution in [2.75, 3.05) is 11.9 Å². The minimum atomic E-state index is -4.53. The number of carbonyl (C=O) groups is 2. The fraction of sp³-hybridized carbons (Fsp3) is 0.200. The van der Waals surface area contributed by atoms with E-state index >= 15 is 0 Å². The van der Waals surface area contributed by atoms with Gasteiger partial charge in [-0.1, -0.05) is 18.2 Å². The van der Waals surface area contributed by atoms with Gasteiger partial charge in [0.15, 0.2) is 0 Å². The smallest absolute Gasteiger partial charge is 0.352 e. The zero-order valence-electron chi connectivity index (χ0n) is 14.8. The molecule has 0 aromatic heterocycles. The molecule has 0 unspecified atom stereocenters. The maximum Gasteiger partial charge on any atom is 0.416 e. The Balaban J connectivity index is 1.78. The molecule has 0 saturated heterocycles. The second-order valence-electron chi connectivity index (χ2n) is 6.07. The number of amides is 2. The predicted molar refractivity (Wildman–Crippen MR) is 97.2 cm³/mol. The molecule has 0 aliphatic carbocycles. The van der Waals surface area contributed by atoms with Crippen LogP contribution in [0.25, 0.3) is 0 Å². The standard InChI is InChI=1S/C20H18F4N2O2/c1-13(11-18(27)26-17-7-5-16(21)6-8-17)9-10-25-19(28)14-3-2-4-15(12-14)20(22,23)24/h2-8,12H,1,9-11H2,(H,25,28)(H,26,27). The van der Waals surface area contributed by atoms with E-state index < -0.39 is 23.5 Å². The van der Waals surface area contributed by atoms with Crippen LogP contribution in [-0.2, 0) is 11.0 Å². The topological polar surface area (TPSA) is 58.2 Å². The van der Waals surface area contributed by atoms with E-state index in [1.807, 2.05) is 0 Å². The molecule has 28 heavy (non-hydrogen) atoms. The quantitative estimate of drug-likeness (QED) is 0.535. The predicted octanol–water partition coefficient (Wildman–Crippen LogP) is 4.55. The molecule has 0 saturated carbocycles. The van der Waals surface area contributed by atoms with Gasteiger partial charge in [0.25, 0.3) is 5.91 Å². The first kappa shape index (κ1) is 21.1. The van der Waals surface area contributed by atoms with Crippen LogP contribution in [0, 0.1) is 5.82 Å². The first-order valence-corrected chi connectivity index (χ1v) is 8.32. The summed E-state index contributed by atoms with van der Waals surface area (Å²) in [7, 11) is 0. The Bertz CT molecular complexity index is 861. The van der Waals surface area contributed by atoms with Crippen LogP contribution >= 0.6 is 0 Å². The van der Waals surface area contributed by atoms with Crippen molar-refractivity contribution in [3.8, 4) is 0 Å². The van der Waals surface area contributed by atoms with Crippen LogP contribution in [-0.4, -0.2) is 18.4 Å². The fourth-order valence-electron chi connectivity index (χ4n) is 2.35. The maximum absolute atomic E-state index is 12.8. The minimum Gasteiger partial charge on any atom is -0.352 e. The van der Waals surface area contributed by atoms with Gasteiger partial charge in [0, 0.05) is 24.2 Å². The summed E-state index contributed by atoms with van der Waals surface area (Å²) >= 11 is 0. The Hall–Kier alpha value is -3.16. The normalized spacial score (nSPS) is 11.0. The third kappa shape index (κ3) is 6.53. The zero-order chi connectivity index (χ0) is 20.7. The number of benzene rings is 2. The van der Waals surface area contributed by atoms with E-state index in [1.54, 1.807) is 0 Å². The molecule has 4 nitrogen and oxygen atoms in total. The largest absolute Gasteiger partial charge is 0.416 e. The summed E-state index contributed by atoms with van der Waals surface area (Å²) in [5.74, 6) is -1.41. The van der Waals surface area contributed by atoms with Crippen molar-refractivity contribution < 1.29 is 27.2 Å². The number of hydrogen-bond donors (Lipinski definition) is 2. The second-order valence-corrected chi connectivity index (χ2v) is 6.07. The van der Waals surface area contributed by atoms with Crippen LogP contribution in [0.15, 0.2) is 60.7 Å². The van der Waals surface area contributed by atoms with Gasteiger partial charge in [0.05, 0.1) is 5.56 Å². The maximum atomic E-state index is 12.8. The molecular formula is C20H18F4N2O2. The molecular weight excluding hydrogens is 376 g/mol. The van der Waals surface area contributed by atoms with Crippen molar-refractivity contribution in [1.82, 2.24) is 5.32 Å². The first-order chi connectivity index (χ1) is 13.1.